The van der Waals surface area contributed by atoms with Crippen molar-refractivity contribution >= 4 is 27.8 Å². The molecule has 0 radical (unpaired) electrons. The number of benzene rings is 3. The summed E-state index contributed by atoms with van der Waals surface area (Å²) in [5.41, 5.74) is 0.923. The van der Waals surface area contributed by atoms with E-state index >= 15 is 0 Å². The van der Waals surface area contributed by atoms with Gasteiger partial charge in [-0.25, -0.2) is 9.18 Å². The van der Waals surface area contributed by atoms with Crippen LogP contribution in [0.15, 0.2) is 81.1 Å². The van der Waals surface area contributed by atoms with E-state index in [1.165, 1.54) is 0 Å². The van der Waals surface area contributed by atoms with Gasteiger partial charge in [0.2, 0.25) is 0 Å². The number of aliphatic hydroxyl groups excluding tert-OH is 1. The Morgan fingerprint density at radius 2 is 1.65 bits per heavy atom. The van der Waals surface area contributed by atoms with Crippen LogP contribution in [0.5, 0.6) is 11.5 Å². The fourth-order valence-corrected chi connectivity index (χ4v) is 8.59. The second-order valence-electron chi connectivity index (χ2n) is 13.4. The van der Waals surface area contributed by atoms with E-state index in [1.54, 1.807) is 31.2 Å². The van der Waals surface area contributed by atoms with Crippen LogP contribution in [0.1, 0.15) is 82.4 Å². The number of phenols is 1. The van der Waals surface area contributed by atoms with Gasteiger partial charge in [0, 0.05) is 11.3 Å². The summed E-state index contributed by atoms with van der Waals surface area (Å²) in [5.74, 6) is -0.692. The minimum atomic E-state index is -4.23. The number of thioether (sulfide) groups is 1. The zero-order valence-electron chi connectivity index (χ0n) is 26.6. The minimum absolute atomic E-state index is 0.00532. The van der Waals surface area contributed by atoms with Gasteiger partial charge in [0.15, 0.2) is 0 Å². The van der Waals surface area contributed by atoms with Crippen molar-refractivity contribution < 1.29 is 36.7 Å². The molecule has 0 amide bonds. The lowest BCUT2D eigenvalue weighted by Gasteiger charge is -2.44. The van der Waals surface area contributed by atoms with E-state index in [4.69, 9.17) is 8.92 Å². The van der Waals surface area contributed by atoms with Gasteiger partial charge in [0.1, 0.15) is 38.5 Å². The zero-order valence-corrected chi connectivity index (χ0v) is 28.3. The summed E-state index contributed by atoms with van der Waals surface area (Å²) in [5, 5.41) is 21.2. The third kappa shape index (κ3) is 7.55. The summed E-state index contributed by atoms with van der Waals surface area (Å²) in [6, 6.07) is 14.8. The summed E-state index contributed by atoms with van der Waals surface area (Å²) in [6.45, 7) is 7.59. The second-order valence-corrected chi connectivity index (χ2v) is 16.0. The summed E-state index contributed by atoms with van der Waals surface area (Å²) in [6.07, 6.45) is 6.49. The van der Waals surface area contributed by atoms with Crippen LogP contribution >= 0.6 is 11.8 Å². The van der Waals surface area contributed by atoms with Crippen molar-refractivity contribution in [1.82, 2.24) is 0 Å². The first-order valence-corrected chi connectivity index (χ1v) is 17.9. The van der Waals surface area contributed by atoms with Crippen molar-refractivity contribution in [1.29, 1.82) is 0 Å². The summed E-state index contributed by atoms with van der Waals surface area (Å²) in [4.78, 5) is 14.4. The van der Waals surface area contributed by atoms with Crippen molar-refractivity contribution in [3.63, 3.8) is 0 Å². The highest BCUT2D eigenvalue weighted by atomic mass is 32.2. The summed E-state index contributed by atoms with van der Waals surface area (Å²) >= 11 is 1.12. The number of cyclic esters (lactones) is 1. The Morgan fingerprint density at radius 3 is 2.26 bits per heavy atom. The lowest BCUT2D eigenvalue weighted by Crippen LogP contribution is -2.47. The molecule has 246 valence electrons. The lowest BCUT2D eigenvalue weighted by molar-refractivity contribution is -0.168. The van der Waals surface area contributed by atoms with E-state index in [9.17, 15) is 27.8 Å². The number of aryl methyl sites for hydroxylation is 2. The number of carbonyl (C=O) groups excluding carboxylic acids is 1. The first-order valence-electron chi connectivity index (χ1n) is 15.6. The van der Waals surface area contributed by atoms with Gasteiger partial charge in [-0.15, -0.1) is 0 Å². The maximum atomic E-state index is 13.8. The molecule has 5 rings (SSSR count). The number of phenolic OH excluding ortho intramolecular Hbond substituents is 1. The molecule has 7 nitrogen and oxygen atoms in total. The lowest BCUT2D eigenvalue weighted by atomic mass is 9.71. The smallest absolute Gasteiger partial charge is 0.349 e. The van der Waals surface area contributed by atoms with Gasteiger partial charge in [0.25, 0.3) is 0 Å². The molecule has 3 aromatic rings. The van der Waals surface area contributed by atoms with Crippen molar-refractivity contribution in [2.24, 2.45) is 5.92 Å². The van der Waals surface area contributed by atoms with Crippen molar-refractivity contribution in [3.05, 3.63) is 93.8 Å². The zero-order chi connectivity index (χ0) is 33.3. The van der Waals surface area contributed by atoms with Crippen LogP contribution in [0.4, 0.5) is 4.39 Å². The average Bonchev–Trinajstić information content (AvgIpc) is 3.00. The van der Waals surface area contributed by atoms with Gasteiger partial charge < -0.3 is 19.1 Å². The Balaban J connectivity index is 1.45. The molecular weight excluding hydrogens is 628 g/mol. The molecule has 0 aromatic heterocycles. The molecule has 1 aliphatic carbocycles. The van der Waals surface area contributed by atoms with Crippen LogP contribution in [0.2, 0.25) is 0 Å². The van der Waals surface area contributed by atoms with E-state index in [1.807, 2.05) is 32.9 Å². The maximum absolute atomic E-state index is 13.8. The normalized spacial score (nSPS) is 19.6. The molecule has 10 heteroatoms. The molecule has 0 bridgehead atoms. The number of rotatable bonds is 9. The van der Waals surface area contributed by atoms with Gasteiger partial charge in [-0.3, -0.25) is 0 Å². The molecule has 2 N–H and O–H groups in total. The van der Waals surface area contributed by atoms with Crippen LogP contribution in [0.3, 0.4) is 0 Å². The van der Waals surface area contributed by atoms with Crippen LogP contribution in [0, 0.1) is 18.7 Å². The number of aromatic hydroxyl groups is 1. The Bertz CT molecular complexity index is 1720. The molecular formula is C36H41FO7S2. The monoisotopic (exact) mass is 668 g/mol. The molecule has 1 aliphatic heterocycles. The van der Waals surface area contributed by atoms with Gasteiger partial charge >= 0.3 is 16.1 Å². The van der Waals surface area contributed by atoms with Gasteiger partial charge in [-0.1, -0.05) is 63.9 Å². The van der Waals surface area contributed by atoms with Gasteiger partial charge in [0.05, 0.1) is 0 Å². The molecule has 1 fully saturated rings. The highest BCUT2D eigenvalue weighted by molar-refractivity contribution is 8.04. The molecule has 1 atom stereocenters. The Hall–Kier alpha value is -3.50. The van der Waals surface area contributed by atoms with Crippen LogP contribution < -0.4 is 4.18 Å². The Morgan fingerprint density at radius 1 is 1.00 bits per heavy atom. The fourth-order valence-electron chi connectivity index (χ4n) is 6.37. The first-order chi connectivity index (χ1) is 21.7. The number of hydrogen-bond acceptors (Lipinski definition) is 8. The number of ether oxygens (including phenoxy) is 1. The molecule has 1 heterocycles. The predicted octanol–water partition coefficient (Wildman–Crippen LogP) is 8.67. The molecule has 3 aromatic carbocycles. The van der Waals surface area contributed by atoms with E-state index in [0.717, 1.165) is 79.3 Å². The molecule has 0 spiro atoms. The van der Waals surface area contributed by atoms with Crippen molar-refractivity contribution in [2.45, 2.75) is 99.9 Å². The first kappa shape index (κ1) is 33.9. The standard InChI is InChI=1S/C36H41FO7S2/c1-23-20-32(29(35(2,3)4)21-31(23)44-46(41,42)28-16-12-26(37)13-17-28)45-33-30(39)22-36(43-34(33)40,25-8-6-5-7-9-25)19-18-24-10-14-27(38)15-11-24/h10-17,20-21,25,38-39H,5-9,18-19,22H2,1-4H3. The SMILES string of the molecule is Cc1cc(SC2=C(O)CC(CCc3ccc(O)cc3)(C3CCCCC3)OC2=O)c(C(C)(C)C)cc1OS(=O)(=O)c1ccc(F)cc1. The second kappa shape index (κ2) is 13.3. The van der Waals surface area contributed by atoms with E-state index in [2.05, 4.69) is 0 Å². The summed E-state index contributed by atoms with van der Waals surface area (Å²) < 4.78 is 51.3. The minimum Gasteiger partial charge on any atom is -0.511 e. The van der Waals surface area contributed by atoms with Gasteiger partial charge in [-0.05, 0) is 109 Å². The molecule has 1 unspecified atom stereocenters. The van der Waals surface area contributed by atoms with E-state index in [0.29, 0.717) is 23.3 Å². The number of esters is 1. The molecule has 1 saturated carbocycles. The van der Waals surface area contributed by atoms with E-state index < -0.39 is 32.9 Å². The molecule has 0 saturated heterocycles. The van der Waals surface area contributed by atoms with Crippen molar-refractivity contribution in [2.75, 3.05) is 0 Å². The van der Waals surface area contributed by atoms with Crippen LogP contribution in [-0.4, -0.2) is 30.2 Å². The maximum Gasteiger partial charge on any atom is 0.349 e. The van der Waals surface area contributed by atoms with Crippen LogP contribution in [-0.2, 0) is 31.5 Å². The molecule has 2 aliphatic rings. The number of hydrogen-bond donors (Lipinski definition) is 2. The fraction of sp³-hybridized carbons (Fsp3) is 0.417. The summed E-state index contributed by atoms with van der Waals surface area (Å²) in [7, 11) is -4.23. The highest BCUT2D eigenvalue weighted by Crippen LogP contribution is 2.49. The topological polar surface area (TPSA) is 110 Å². The van der Waals surface area contributed by atoms with Crippen LogP contribution in [0.25, 0.3) is 0 Å². The number of aliphatic hydroxyl groups is 1. The Kier molecular flexibility index (Phi) is 9.80. The quantitative estimate of drug-likeness (QED) is 0.172. The van der Waals surface area contributed by atoms with Gasteiger partial charge in [-0.2, -0.15) is 8.42 Å². The molecule has 46 heavy (non-hydrogen) atoms. The number of halogens is 1. The Labute approximate surface area is 275 Å². The third-order valence-corrected chi connectivity index (χ3v) is 11.3. The predicted molar refractivity (Wildman–Crippen MR) is 176 cm³/mol. The van der Waals surface area contributed by atoms with Crippen molar-refractivity contribution in [3.8, 4) is 11.5 Å². The highest BCUT2D eigenvalue weighted by Gasteiger charge is 2.48. The largest absolute Gasteiger partial charge is 0.511 e. The average molecular weight is 669 g/mol. The third-order valence-electron chi connectivity index (χ3n) is 8.93. The van der Waals surface area contributed by atoms with E-state index in [-0.39, 0.29) is 39.4 Å². The number of carbonyl (C=O) groups is 1.